The van der Waals surface area contributed by atoms with Gasteiger partial charge in [0.05, 0.1) is 12.8 Å². The first-order valence-corrected chi connectivity index (χ1v) is 6.71. The molecule has 2 rings (SSSR count). The third kappa shape index (κ3) is 2.98. The van der Waals surface area contributed by atoms with E-state index in [0.29, 0.717) is 22.9 Å². The van der Waals surface area contributed by atoms with Crippen LogP contribution < -0.4 is 5.32 Å². The number of ether oxygens (including phenoxy) is 1. The normalized spacial score (nSPS) is 17.7. The molecule has 0 radical (unpaired) electrons. The van der Waals surface area contributed by atoms with E-state index in [1.54, 1.807) is 11.4 Å². The Bertz CT molecular complexity index is 478. The highest BCUT2D eigenvalue weighted by Gasteiger charge is 2.18. The van der Waals surface area contributed by atoms with Crippen LogP contribution in [0.15, 0.2) is 23.6 Å². The zero-order valence-corrected chi connectivity index (χ0v) is 11.0. The number of allylic oxidation sites excluding steroid dienone is 2. The van der Waals surface area contributed by atoms with Gasteiger partial charge in [0.2, 0.25) is 5.91 Å². The van der Waals surface area contributed by atoms with Crippen molar-refractivity contribution in [2.75, 3.05) is 12.4 Å². The molecular formula is C13H15NO3S. The molecule has 1 aromatic heterocycles. The van der Waals surface area contributed by atoms with Crippen molar-refractivity contribution in [2.45, 2.75) is 19.3 Å². The molecule has 1 aliphatic carbocycles. The van der Waals surface area contributed by atoms with Crippen LogP contribution in [0.5, 0.6) is 0 Å². The second-order valence-electron chi connectivity index (χ2n) is 4.17. The number of amides is 1. The molecule has 0 bridgehead atoms. The summed E-state index contributed by atoms with van der Waals surface area (Å²) in [6.07, 6.45) is 6.72. The van der Waals surface area contributed by atoms with Crippen LogP contribution in [0, 0.1) is 5.92 Å². The largest absolute Gasteiger partial charge is 0.465 e. The average molecular weight is 265 g/mol. The van der Waals surface area contributed by atoms with Crippen LogP contribution in [0.4, 0.5) is 5.69 Å². The molecule has 0 spiro atoms. The lowest BCUT2D eigenvalue weighted by Crippen LogP contribution is -2.16. The molecular weight excluding hydrogens is 250 g/mol. The molecule has 1 amide bonds. The van der Waals surface area contributed by atoms with E-state index in [0.717, 1.165) is 12.8 Å². The summed E-state index contributed by atoms with van der Waals surface area (Å²) < 4.78 is 4.66. The maximum atomic E-state index is 11.8. The molecule has 1 atom stereocenters. The molecule has 18 heavy (non-hydrogen) atoms. The van der Waals surface area contributed by atoms with Crippen molar-refractivity contribution in [3.63, 3.8) is 0 Å². The third-order valence-corrected chi connectivity index (χ3v) is 3.76. The number of rotatable bonds is 4. The smallest absolute Gasteiger partial charge is 0.350 e. The molecule has 0 saturated heterocycles. The highest BCUT2D eigenvalue weighted by molar-refractivity contribution is 7.12. The molecule has 96 valence electrons. The highest BCUT2D eigenvalue weighted by Crippen LogP contribution is 2.25. The summed E-state index contributed by atoms with van der Waals surface area (Å²) in [6.45, 7) is 0. The minimum atomic E-state index is -0.416. The standard InChI is InChI=1S/C13H15NO3S/c1-17-13(16)12-10(6-7-18-12)14-11(15)8-9-4-2-3-5-9/h2,4,6-7,9H,3,5,8H2,1H3,(H,14,15)/t9-/m0/s1. The number of hydrogen-bond acceptors (Lipinski definition) is 4. The van der Waals surface area contributed by atoms with Gasteiger partial charge in [0.1, 0.15) is 4.88 Å². The molecule has 1 heterocycles. The zero-order valence-electron chi connectivity index (χ0n) is 10.1. The van der Waals surface area contributed by atoms with E-state index in [1.165, 1.54) is 18.4 Å². The van der Waals surface area contributed by atoms with Gasteiger partial charge < -0.3 is 10.1 Å². The SMILES string of the molecule is COC(=O)c1sccc1NC(=O)C[C@H]1C=CCC1. The van der Waals surface area contributed by atoms with E-state index in [-0.39, 0.29) is 5.91 Å². The van der Waals surface area contributed by atoms with Crippen molar-refractivity contribution in [1.82, 2.24) is 0 Å². The van der Waals surface area contributed by atoms with Crippen molar-refractivity contribution in [2.24, 2.45) is 5.92 Å². The van der Waals surface area contributed by atoms with Gasteiger partial charge in [-0.25, -0.2) is 4.79 Å². The van der Waals surface area contributed by atoms with Gasteiger partial charge in [0, 0.05) is 6.42 Å². The van der Waals surface area contributed by atoms with Crippen LogP contribution in [0.2, 0.25) is 0 Å². The van der Waals surface area contributed by atoms with Crippen molar-refractivity contribution in [3.8, 4) is 0 Å². The van der Waals surface area contributed by atoms with Gasteiger partial charge in [0.25, 0.3) is 0 Å². The quantitative estimate of drug-likeness (QED) is 0.672. The predicted octanol–water partition coefficient (Wildman–Crippen LogP) is 2.83. The first-order chi connectivity index (χ1) is 8.70. The zero-order chi connectivity index (χ0) is 13.0. The summed E-state index contributed by atoms with van der Waals surface area (Å²) >= 11 is 1.26. The van der Waals surface area contributed by atoms with Crippen molar-refractivity contribution in [1.29, 1.82) is 0 Å². The summed E-state index contributed by atoms with van der Waals surface area (Å²) in [5.41, 5.74) is 0.541. The molecule has 4 nitrogen and oxygen atoms in total. The minimum Gasteiger partial charge on any atom is -0.465 e. The van der Waals surface area contributed by atoms with Gasteiger partial charge in [0.15, 0.2) is 0 Å². The molecule has 1 N–H and O–H groups in total. The summed E-state index contributed by atoms with van der Waals surface area (Å²) in [4.78, 5) is 23.7. The second-order valence-corrected chi connectivity index (χ2v) is 5.09. The van der Waals surface area contributed by atoms with E-state index in [4.69, 9.17) is 0 Å². The van der Waals surface area contributed by atoms with E-state index >= 15 is 0 Å². The number of carbonyl (C=O) groups excluding carboxylic acids is 2. The molecule has 0 aliphatic heterocycles. The number of esters is 1. The molecule has 5 heteroatoms. The van der Waals surface area contributed by atoms with Crippen LogP contribution >= 0.6 is 11.3 Å². The van der Waals surface area contributed by atoms with E-state index < -0.39 is 5.97 Å². The number of anilines is 1. The van der Waals surface area contributed by atoms with Crippen LogP contribution in [0.1, 0.15) is 28.9 Å². The molecule has 0 aromatic carbocycles. The fourth-order valence-electron chi connectivity index (χ4n) is 1.96. The van der Waals surface area contributed by atoms with Crippen LogP contribution in [-0.2, 0) is 9.53 Å². The fourth-order valence-corrected chi connectivity index (χ4v) is 2.73. The third-order valence-electron chi connectivity index (χ3n) is 2.87. The first kappa shape index (κ1) is 12.8. The van der Waals surface area contributed by atoms with Gasteiger partial charge in [-0.3, -0.25) is 4.79 Å². The van der Waals surface area contributed by atoms with Crippen molar-refractivity contribution in [3.05, 3.63) is 28.5 Å². The molecule has 1 aromatic rings. The van der Waals surface area contributed by atoms with Crippen LogP contribution in [-0.4, -0.2) is 19.0 Å². The summed E-state index contributed by atoms with van der Waals surface area (Å²) in [5, 5.41) is 4.53. The lowest BCUT2D eigenvalue weighted by atomic mass is 10.1. The lowest BCUT2D eigenvalue weighted by molar-refractivity contribution is -0.116. The lowest BCUT2D eigenvalue weighted by Gasteiger charge is -2.08. The fraction of sp³-hybridized carbons (Fsp3) is 0.385. The topological polar surface area (TPSA) is 55.4 Å². The van der Waals surface area contributed by atoms with Gasteiger partial charge in [-0.05, 0) is 30.2 Å². The Morgan fingerprint density at radius 3 is 3.06 bits per heavy atom. The molecule has 0 unspecified atom stereocenters. The Hall–Kier alpha value is -1.62. The van der Waals surface area contributed by atoms with Gasteiger partial charge in [-0.1, -0.05) is 12.2 Å². The second kappa shape index (κ2) is 5.82. The summed E-state index contributed by atoms with van der Waals surface area (Å²) in [5.74, 6) is -0.152. The van der Waals surface area contributed by atoms with Gasteiger partial charge in [-0.2, -0.15) is 0 Å². The Balaban J connectivity index is 1.96. The van der Waals surface area contributed by atoms with E-state index in [2.05, 4.69) is 22.2 Å². The molecule has 0 fully saturated rings. The predicted molar refractivity (Wildman–Crippen MR) is 70.8 cm³/mol. The highest BCUT2D eigenvalue weighted by atomic mass is 32.1. The Morgan fingerprint density at radius 1 is 1.56 bits per heavy atom. The Kier molecular flexibility index (Phi) is 4.15. The monoisotopic (exact) mass is 265 g/mol. The first-order valence-electron chi connectivity index (χ1n) is 5.83. The Morgan fingerprint density at radius 2 is 2.39 bits per heavy atom. The Labute approximate surface area is 110 Å². The van der Waals surface area contributed by atoms with Gasteiger partial charge >= 0.3 is 5.97 Å². The van der Waals surface area contributed by atoms with E-state index in [1.807, 2.05) is 0 Å². The number of methoxy groups -OCH3 is 1. The number of carbonyl (C=O) groups is 2. The summed E-state index contributed by atoms with van der Waals surface area (Å²) in [6, 6.07) is 1.72. The van der Waals surface area contributed by atoms with Gasteiger partial charge in [-0.15, -0.1) is 11.3 Å². The van der Waals surface area contributed by atoms with Crippen LogP contribution in [0.3, 0.4) is 0 Å². The number of thiophene rings is 1. The maximum absolute atomic E-state index is 11.8. The minimum absolute atomic E-state index is 0.0601. The number of nitrogens with one attached hydrogen (secondary N) is 1. The summed E-state index contributed by atoms with van der Waals surface area (Å²) in [7, 11) is 1.33. The maximum Gasteiger partial charge on any atom is 0.350 e. The average Bonchev–Trinajstić information content (AvgIpc) is 2.99. The molecule has 0 saturated carbocycles. The molecule has 1 aliphatic rings. The van der Waals surface area contributed by atoms with E-state index in [9.17, 15) is 9.59 Å². The number of hydrogen-bond donors (Lipinski definition) is 1. The van der Waals surface area contributed by atoms with Crippen LogP contribution in [0.25, 0.3) is 0 Å². The van der Waals surface area contributed by atoms with Crippen molar-refractivity contribution < 1.29 is 14.3 Å². The van der Waals surface area contributed by atoms with Crippen molar-refractivity contribution >= 4 is 28.9 Å².